The Hall–Kier alpha value is -1.22. The molecule has 1 N–H and O–H groups in total. The fourth-order valence-electron chi connectivity index (χ4n) is 1.29. The van der Waals surface area contributed by atoms with Crippen molar-refractivity contribution >= 4 is 0 Å². The van der Waals surface area contributed by atoms with E-state index < -0.39 is 11.6 Å². The molecule has 0 saturated heterocycles. The lowest BCUT2D eigenvalue weighted by Crippen LogP contribution is -2.21. The van der Waals surface area contributed by atoms with Gasteiger partial charge in [0.1, 0.15) is 0 Å². The van der Waals surface area contributed by atoms with Crippen LogP contribution >= 0.6 is 0 Å². The molecule has 0 saturated carbocycles. The molecule has 1 aromatic carbocycles. The smallest absolute Gasteiger partial charge is 0.163 e. The molecule has 0 radical (unpaired) electrons. The van der Waals surface area contributed by atoms with Gasteiger partial charge < -0.3 is 5.32 Å². The summed E-state index contributed by atoms with van der Waals surface area (Å²) in [6.45, 7) is 7.99. The minimum Gasteiger partial charge on any atom is -0.306 e. The van der Waals surface area contributed by atoms with Crippen LogP contribution in [0.15, 0.2) is 30.4 Å². The Kier molecular flexibility index (Phi) is 3.97. The minimum atomic E-state index is -0.809. The average Bonchev–Trinajstić information content (AvgIpc) is 2.18. The maximum absolute atomic E-state index is 13.3. The van der Waals surface area contributed by atoms with E-state index in [0.717, 1.165) is 11.6 Å². The van der Waals surface area contributed by atoms with Crippen LogP contribution in [0.3, 0.4) is 0 Å². The first kappa shape index (κ1) is 11.9. The Labute approximate surface area is 88.8 Å². The average molecular weight is 211 g/mol. The Morgan fingerprint density at radius 1 is 1.47 bits per heavy atom. The maximum Gasteiger partial charge on any atom is 0.163 e. The van der Waals surface area contributed by atoms with Crippen LogP contribution in [0.2, 0.25) is 0 Å². The van der Waals surface area contributed by atoms with Crippen LogP contribution in [0.1, 0.15) is 25.5 Å². The highest BCUT2D eigenvalue weighted by molar-refractivity contribution is 5.22. The summed E-state index contributed by atoms with van der Waals surface area (Å²) in [4.78, 5) is 0. The molecule has 0 spiro atoms. The second-order valence-corrected chi connectivity index (χ2v) is 3.70. The molecule has 0 bridgehead atoms. The summed E-state index contributed by atoms with van der Waals surface area (Å²) < 4.78 is 26.3. The van der Waals surface area contributed by atoms with Crippen molar-refractivity contribution in [2.75, 3.05) is 6.54 Å². The highest BCUT2D eigenvalue weighted by Crippen LogP contribution is 2.18. The van der Waals surface area contributed by atoms with E-state index in [1.165, 1.54) is 6.07 Å². The first-order valence-corrected chi connectivity index (χ1v) is 4.84. The summed E-state index contributed by atoms with van der Waals surface area (Å²) >= 11 is 0. The van der Waals surface area contributed by atoms with Gasteiger partial charge in [-0.3, -0.25) is 0 Å². The molecule has 82 valence electrons. The number of nitrogens with one attached hydrogen (secondary N) is 1. The van der Waals surface area contributed by atoms with E-state index in [2.05, 4.69) is 11.9 Å². The van der Waals surface area contributed by atoms with Crippen LogP contribution < -0.4 is 5.32 Å². The topological polar surface area (TPSA) is 12.0 Å². The fraction of sp³-hybridized carbons (Fsp3) is 0.333. The van der Waals surface area contributed by atoms with Crippen molar-refractivity contribution in [3.63, 3.8) is 0 Å². The second-order valence-electron chi connectivity index (χ2n) is 3.70. The summed E-state index contributed by atoms with van der Waals surface area (Å²) in [6, 6.07) is 3.98. The van der Waals surface area contributed by atoms with Crippen LogP contribution in [0.25, 0.3) is 0 Å². The third-order valence-corrected chi connectivity index (χ3v) is 2.16. The van der Waals surface area contributed by atoms with Crippen molar-refractivity contribution in [2.24, 2.45) is 0 Å². The van der Waals surface area contributed by atoms with Gasteiger partial charge in [-0.25, -0.2) is 8.78 Å². The van der Waals surface area contributed by atoms with Gasteiger partial charge in [-0.1, -0.05) is 24.3 Å². The Balaban J connectivity index is 2.77. The van der Waals surface area contributed by atoms with E-state index in [9.17, 15) is 8.78 Å². The predicted octanol–water partition coefficient (Wildman–Crippen LogP) is 3.19. The molecule has 1 unspecified atom stereocenters. The molecular weight excluding hydrogens is 196 g/mol. The van der Waals surface area contributed by atoms with Gasteiger partial charge in [0.15, 0.2) is 11.6 Å². The number of benzene rings is 1. The van der Waals surface area contributed by atoms with E-state index in [1.54, 1.807) is 13.0 Å². The fourth-order valence-corrected chi connectivity index (χ4v) is 1.29. The maximum atomic E-state index is 13.3. The monoisotopic (exact) mass is 211 g/mol. The van der Waals surface area contributed by atoms with Crippen LogP contribution in [-0.2, 0) is 0 Å². The third-order valence-electron chi connectivity index (χ3n) is 2.16. The molecule has 1 nitrogen and oxygen atoms in total. The third kappa shape index (κ3) is 3.13. The Morgan fingerprint density at radius 2 is 2.13 bits per heavy atom. The molecule has 3 heteroatoms. The van der Waals surface area contributed by atoms with E-state index in [4.69, 9.17) is 0 Å². The van der Waals surface area contributed by atoms with Gasteiger partial charge >= 0.3 is 0 Å². The van der Waals surface area contributed by atoms with Gasteiger partial charge in [-0.15, -0.1) is 0 Å². The number of hydrogen-bond acceptors (Lipinski definition) is 1. The zero-order valence-corrected chi connectivity index (χ0v) is 8.98. The summed E-state index contributed by atoms with van der Waals surface area (Å²) in [5.74, 6) is -1.59. The van der Waals surface area contributed by atoms with Gasteiger partial charge in [0.2, 0.25) is 0 Å². The van der Waals surface area contributed by atoms with E-state index in [0.29, 0.717) is 12.1 Å². The summed E-state index contributed by atoms with van der Waals surface area (Å²) in [6.07, 6.45) is 0. The zero-order valence-electron chi connectivity index (χ0n) is 8.98. The largest absolute Gasteiger partial charge is 0.306 e. The van der Waals surface area contributed by atoms with Gasteiger partial charge in [-0.05, 0) is 19.9 Å². The molecule has 15 heavy (non-hydrogen) atoms. The highest BCUT2D eigenvalue weighted by Gasteiger charge is 2.13. The lowest BCUT2D eigenvalue weighted by Gasteiger charge is -2.15. The first-order chi connectivity index (χ1) is 7.02. The molecule has 1 rings (SSSR count). The van der Waals surface area contributed by atoms with Gasteiger partial charge in [0.25, 0.3) is 0 Å². The molecule has 0 aromatic heterocycles. The van der Waals surface area contributed by atoms with Crippen molar-refractivity contribution in [1.82, 2.24) is 5.32 Å². The van der Waals surface area contributed by atoms with Crippen LogP contribution in [-0.4, -0.2) is 6.54 Å². The summed E-state index contributed by atoms with van der Waals surface area (Å²) in [5.41, 5.74) is 1.30. The first-order valence-electron chi connectivity index (χ1n) is 4.84. The Morgan fingerprint density at radius 3 is 2.73 bits per heavy atom. The van der Waals surface area contributed by atoms with Crippen molar-refractivity contribution in [1.29, 1.82) is 0 Å². The van der Waals surface area contributed by atoms with E-state index in [-0.39, 0.29) is 6.04 Å². The standard InChI is InChI=1S/C12H15F2N/c1-8(2)7-15-9(3)10-5-4-6-11(13)12(10)14/h4-6,9,15H,1,7H2,2-3H3. The molecule has 0 heterocycles. The van der Waals surface area contributed by atoms with Gasteiger partial charge in [0.05, 0.1) is 0 Å². The number of hydrogen-bond donors (Lipinski definition) is 1. The van der Waals surface area contributed by atoms with E-state index in [1.807, 2.05) is 6.92 Å². The zero-order chi connectivity index (χ0) is 11.4. The van der Waals surface area contributed by atoms with Crippen LogP contribution in [0.5, 0.6) is 0 Å². The highest BCUT2D eigenvalue weighted by atomic mass is 19.2. The molecular formula is C12H15F2N. The van der Waals surface area contributed by atoms with Crippen molar-refractivity contribution < 1.29 is 8.78 Å². The lowest BCUT2D eigenvalue weighted by atomic mass is 10.1. The van der Waals surface area contributed by atoms with E-state index >= 15 is 0 Å². The molecule has 0 fully saturated rings. The van der Waals surface area contributed by atoms with Crippen molar-refractivity contribution in [3.8, 4) is 0 Å². The SMILES string of the molecule is C=C(C)CNC(C)c1cccc(F)c1F. The predicted molar refractivity (Wildman–Crippen MR) is 57.6 cm³/mol. The number of rotatable bonds is 4. The summed E-state index contributed by atoms with van der Waals surface area (Å²) in [5, 5.41) is 3.06. The van der Waals surface area contributed by atoms with Crippen molar-refractivity contribution in [2.45, 2.75) is 19.9 Å². The molecule has 1 atom stereocenters. The molecule has 0 amide bonds. The lowest BCUT2D eigenvalue weighted by molar-refractivity contribution is 0.478. The Bertz CT molecular complexity index is 361. The molecule has 0 aliphatic heterocycles. The van der Waals surface area contributed by atoms with Gasteiger partial charge in [0, 0.05) is 18.2 Å². The van der Waals surface area contributed by atoms with Crippen LogP contribution in [0, 0.1) is 11.6 Å². The summed E-state index contributed by atoms with van der Waals surface area (Å²) in [7, 11) is 0. The van der Waals surface area contributed by atoms with Crippen molar-refractivity contribution in [3.05, 3.63) is 47.5 Å². The minimum absolute atomic E-state index is 0.225. The molecule has 0 aliphatic rings. The van der Waals surface area contributed by atoms with Gasteiger partial charge in [-0.2, -0.15) is 0 Å². The second kappa shape index (κ2) is 5.03. The molecule has 0 aliphatic carbocycles. The number of halogens is 2. The van der Waals surface area contributed by atoms with Crippen LogP contribution in [0.4, 0.5) is 8.78 Å². The normalized spacial score (nSPS) is 12.5. The molecule has 1 aromatic rings. The quantitative estimate of drug-likeness (QED) is 0.754.